The predicted molar refractivity (Wildman–Crippen MR) is 139 cm³/mol. The van der Waals surface area contributed by atoms with Crippen molar-refractivity contribution in [3.63, 3.8) is 0 Å². The van der Waals surface area contributed by atoms with Gasteiger partial charge in [0.2, 0.25) is 0 Å². The number of ketones is 1. The summed E-state index contributed by atoms with van der Waals surface area (Å²) in [6, 6.07) is 13.1. The largest absolute Gasteiger partial charge is 0.493 e. The predicted octanol–water partition coefficient (Wildman–Crippen LogP) is 6.06. The minimum Gasteiger partial charge on any atom is -0.493 e. The number of allylic oxidation sites excluding steroid dienone is 3. The molecular formula is C29H32ClNO5. The average Bonchev–Trinajstić information content (AvgIpc) is 2.87. The van der Waals surface area contributed by atoms with Crippen LogP contribution in [0.25, 0.3) is 0 Å². The third-order valence-electron chi connectivity index (χ3n) is 6.87. The van der Waals surface area contributed by atoms with Crippen LogP contribution >= 0.6 is 11.6 Å². The number of hydrogen-bond donors (Lipinski definition) is 1. The van der Waals surface area contributed by atoms with E-state index < -0.39 is 11.9 Å². The number of nitrogens with one attached hydrogen (secondary N) is 1. The van der Waals surface area contributed by atoms with E-state index in [0.717, 1.165) is 29.7 Å². The third-order valence-corrected chi connectivity index (χ3v) is 7.22. The Kier molecular flexibility index (Phi) is 8.04. The standard InChI is InChI=1S/C29H32ClNO5/c1-5-6-13-36-29(33)26-17(2)31-22-14-19(18-11-12-24(34-3)25(16-18)35-4)15-23(32)28(22)27(26)20-9-7-8-10-21(20)30/h7-12,16,19,27,31H,5-6,13-15H2,1-4H3. The van der Waals surface area contributed by atoms with Gasteiger partial charge in [0, 0.05) is 34.3 Å². The molecule has 0 fully saturated rings. The van der Waals surface area contributed by atoms with Crippen molar-refractivity contribution in [2.24, 2.45) is 0 Å². The Labute approximate surface area is 217 Å². The van der Waals surface area contributed by atoms with Crippen LogP contribution in [0.5, 0.6) is 11.5 Å². The summed E-state index contributed by atoms with van der Waals surface area (Å²) in [4.78, 5) is 27.0. The molecule has 7 heteroatoms. The maximum Gasteiger partial charge on any atom is 0.336 e. The molecule has 0 aromatic heterocycles. The van der Waals surface area contributed by atoms with E-state index in [1.807, 2.05) is 50.2 Å². The van der Waals surface area contributed by atoms with Crippen LogP contribution in [0, 0.1) is 0 Å². The molecule has 2 aliphatic rings. The Morgan fingerprint density at radius 3 is 2.53 bits per heavy atom. The zero-order valence-corrected chi connectivity index (χ0v) is 21.9. The van der Waals surface area contributed by atoms with E-state index in [1.165, 1.54) is 0 Å². The average molecular weight is 510 g/mol. The third kappa shape index (κ3) is 5.00. The monoisotopic (exact) mass is 509 g/mol. The summed E-state index contributed by atoms with van der Waals surface area (Å²) < 4.78 is 16.4. The maximum absolute atomic E-state index is 13.7. The molecule has 0 radical (unpaired) electrons. The molecule has 1 heterocycles. The molecule has 0 saturated carbocycles. The highest BCUT2D eigenvalue weighted by atomic mass is 35.5. The van der Waals surface area contributed by atoms with Crippen molar-refractivity contribution in [1.29, 1.82) is 0 Å². The first-order chi connectivity index (χ1) is 17.4. The number of esters is 1. The smallest absolute Gasteiger partial charge is 0.336 e. The van der Waals surface area contributed by atoms with E-state index in [-0.39, 0.29) is 11.7 Å². The number of Topliss-reactive ketones (excluding diaryl/α,β-unsaturated/α-hetero) is 1. The molecule has 2 unspecified atom stereocenters. The number of methoxy groups -OCH3 is 2. The summed E-state index contributed by atoms with van der Waals surface area (Å²) in [5, 5.41) is 3.89. The zero-order valence-electron chi connectivity index (χ0n) is 21.2. The van der Waals surface area contributed by atoms with Gasteiger partial charge in [-0.15, -0.1) is 0 Å². The first kappa shape index (κ1) is 25.8. The van der Waals surface area contributed by atoms with Crippen LogP contribution in [0.2, 0.25) is 5.02 Å². The normalized spacial score (nSPS) is 19.5. The van der Waals surface area contributed by atoms with E-state index in [9.17, 15) is 9.59 Å². The van der Waals surface area contributed by atoms with Crippen molar-refractivity contribution in [3.8, 4) is 11.5 Å². The Morgan fingerprint density at radius 1 is 1.08 bits per heavy atom. The molecule has 1 N–H and O–H groups in total. The lowest BCUT2D eigenvalue weighted by atomic mass is 9.71. The van der Waals surface area contributed by atoms with Gasteiger partial charge in [0.15, 0.2) is 17.3 Å². The lowest BCUT2D eigenvalue weighted by Gasteiger charge is -2.37. The number of unbranched alkanes of at least 4 members (excludes halogenated alkanes) is 1. The Hall–Kier alpha value is -3.25. The van der Waals surface area contributed by atoms with Gasteiger partial charge in [0.25, 0.3) is 0 Å². The van der Waals surface area contributed by atoms with Crippen molar-refractivity contribution in [1.82, 2.24) is 5.32 Å². The van der Waals surface area contributed by atoms with E-state index >= 15 is 0 Å². The number of halogens is 1. The summed E-state index contributed by atoms with van der Waals surface area (Å²) in [6.07, 6.45) is 2.63. The summed E-state index contributed by atoms with van der Waals surface area (Å²) >= 11 is 6.61. The van der Waals surface area contributed by atoms with Gasteiger partial charge in [-0.1, -0.05) is 49.2 Å². The van der Waals surface area contributed by atoms with Gasteiger partial charge in [0.05, 0.1) is 26.4 Å². The number of carbonyl (C=O) groups excluding carboxylic acids is 2. The molecule has 190 valence electrons. The van der Waals surface area contributed by atoms with Gasteiger partial charge in [0.1, 0.15) is 0 Å². The van der Waals surface area contributed by atoms with Gasteiger partial charge in [-0.2, -0.15) is 0 Å². The van der Waals surface area contributed by atoms with E-state index in [1.54, 1.807) is 20.3 Å². The fourth-order valence-electron chi connectivity index (χ4n) is 5.06. The Balaban J connectivity index is 1.75. The van der Waals surface area contributed by atoms with Crippen molar-refractivity contribution in [2.45, 2.75) is 51.4 Å². The molecule has 2 aromatic carbocycles. The van der Waals surface area contributed by atoms with E-state index in [4.69, 9.17) is 25.8 Å². The second-order valence-electron chi connectivity index (χ2n) is 9.14. The van der Waals surface area contributed by atoms with Gasteiger partial charge < -0.3 is 19.5 Å². The highest BCUT2D eigenvalue weighted by Crippen LogP contribution is 2.47. The number of benzene rings is 2. The second kappa shape index (κ2) is 11.2. The SMILES string of the molecule is CCCCOC(=O)C1=C(C)NC2=C(C(=O)CC(c3ccc(OC)c(OC)c3)C2)C1c1ccccc1Cl. The number of dihydropyridines is 1. The Morgan fingerprint density at radius 2 is 1.83 bits per heavy atom. The molecule has 2 atom stereocenters. The molecule has 4 rings (SSSR count). The maximum atomic E-state index is 13.7. The highest BCUT2D eigenvalue weighted by molar-refractivity contribution is 6.31. The minimum atomic E-state index is -0.581. The van der Waals surface area contributed by atoms with Gasteiger partial charge >= 0.3 is 5.97 Å². The van der Waals surface area contributed by atoms with Crippen LogP contribution < -0.4 is 14.8 Å². The summed E-state index contributed by atoms with van der Waals surface area (Å²) in [5.41, 5.74) is 4.26. The zero-order chi connectivity index (χ0) is 25.8. The molecule has 0 bridgehead atoms. The van der Waals surface area contributed by atoms with Crippen LogP contribution in [-0.4, -0.2) is 32.6 Å². The number of carbonyl (C=O) groups is 2. The lowest BCUT2D eigenvalue weighted by molar-refractivity contribution is -0.139. The number of hydrogen-bond acceptors (Lipinski definition) is 6. The van der Waals surface area contributed by atoms with Crippen molar-refractivity contribution in [3.05, 3.63) is 81.2 Å². The fraction of sp³-hybridized carbons (Fsp3) is 0.379. The highest BCUT2D eigenvalue weighted by Gasteiger charge is 2.42. The lowest BCUT2D eigenvalue weighted by Crippen LogP contribution is -2.36. The van der Waals surface area contributed by atoms with Gasteiger partial charge in [-0.3, -0.25) is 4.79 Å². The van der Waals surface area contributed by atoms with Crippen LogP contribution in [-0.2, 0) is 14.3 Å². The molecule has 1 aliphatic carbocycles. The molecule has 0 spiro atoms. The van der Waals surface area contributed by atoms with Crippen molar-refractivity contribution < 1.29 is 23.8 Å². The van der Waals surface area contributed by atoms with E-state index in [0.29, 0.717) is 52.8 Å². The van der Waals surface area contributed by atoms with Crippen LogP contribution in [0.1, 0.15) is 62.5 Å². The van der Waals surface area contributed by atoms with E-state index in [2.05, 4.69) is 5.32 Å². The molecule has 2 aromatic rings. The topological polar surface area (TPSA) is 73.9 Å². The van der Waals surface area contributed by atoms with Gasteiger partial charge in [-0.05, 0) is 55.0 Å². The van der Waals surface area contributed by atoms with Gasteiger partial charge in [-0.25, -0.2) is 4.79 Å². The number of ether oxygens (including phenoxy) is 3. The van der Waals surface area contributed by atoms with Crippen molar-refractivity contribution in [2.75, 3.05) is 20.8 Å². The molecular weight excluding hydrogens is 478 g/mol. The minimum absolute atomic E-state index is 0.0141. The summed E-state index contributed by atoms with van der Waals surface area (Å²) in [5.74, 6) is 0.215. The Bertz CT molecular complexity index is 1230. The molecule has 36 heavy (non-hydrogen) atoms. The van der Waals surface area contributed by atoms with Crippen LogP contribution in [0.4, 0.5) is 0 Å². The molecule has 6 nitrogen and oxygen atoms in total. The first-order valence-corrected chi connectivity index (χ1v) is 12.6. The fourth-order valence-corrected chi connectivity index (χ4v) is 5.30. The first-order valence-electron chi connectivity index (χ1n) is 12.3. The van der Waals surface area contributed by atoms with Crippen LogP contribution in [0.3, 0.4) is 0 Å². The van der Waals surface area contributed by atoms with Crippen molar-refractivity contribution >= 4 is 23.4 Å². The summed E-state index contributed by atoms with van der Waals surface area (Å²) in [6.45, 7) is 4.23. The molecule has 0 saturated heterocycles. The quantitative estimate of drug-likeness (QED) is 0.344. The molecule has 0 amide bonds. The number of rotatable bonds is 8. The summed E-state index contributed by atoms with van der Waals surface area (Å²) in [7, 11) is 3.19. The van der Waals surface area contributed by atoms with Crippen LogP contribution in [0.15, 0.2) is 65.0 Å². The second-order valence-corrected chi connectivity index (χ2v) is 9.55. The molecule has 1 aliphatic heterocycles.